The Morgan fingerprint density at radius 1 is 0.955 bits per heavy atom. The molecule has 3 aromatic rings. The van der Waals surface area contributed by atoms with Crippen molar-refractivity contribution >= 4 is 27.5 Å². The minimum absolute atomic E-state index is 0.0376. The first kappa shape index (κ1) is 14.6. The monoisotopic (exact) mass is 292 g/mol. The number of carbonyl (C=O) groups is 1. The van der Waals surface area contributed by atoms with Gasteiger partial charge in [0.2, 0.25) is 0 Å². The SMILES string of the molecule is CCC(C)C(=O)OCc1ccc2cc3ccccc3cc2c1. The summed E-state index contributed by atoms with van der Waals surface area (Å²) in [6.07, 6.45) is 0.808. The lowest BCUT2D eigenvalue weighted by atomic mass is 10.0. The largest absolute Gasteiger partial charge is 0.461 e. The van der Waals surface area contributed by atoms with Crippen molar-refractivity contribution in [2.75, 3.05) is 0 Å². The second-order valence-corrected chi connectivity index (χ2v) is 5.80. The quantitative estimate of drug-likeness (QED) is 0.495. The predicted molar refractivity (Wildman–Crippen MR) is 90.7 cm³/mol. The molecule has 0 saturated carbocycles. The van der Waals surface area contributed by atoms with Crippen LogP contribution in [0.15, 0.2) is 54.6 Å². The highest BCUT2D eigenvalue weighted by Gasteiger charge is 2.11. The van der Waals surface area contributed by atoms with Gasteiger partial charge in [-0.05, 0) is 51.7 Å². The highest BCUT2D eigenvalue weighted by atomic mass is 16.5. The van der Waals surface area contributed by atoms with Crippen LogP contribution >= 0.6 is 0 Å². The van der Waals surface area contributed by atoms with Crippen LogP contribution in [0.25, 0.3) is 21.5 Å². The molecule has 0 spiro atoms. The predicted octanol–water partition coefficient (Wildman–Crippen LogP) is 5.08. The van der Waals surface area contributed by atoms with Crippen molar-refractivity contribution in [2.24, 2.45) is 5.92 Å². The van der Waals surface area contributed by atoms with Crippen LogP contribution in [0.4, 0.5) is 0 Å². The summed E-state index contributed by atoms with van der Waals surface area (Å²) in [4.78, 5) is 11.8. The second-order valence-electron chi connectivity index (χ2n) is 5.80. The van der Waals surface area contributed by atoms with E-state index < -0.39 is 0 Å². The van der Waals surface area contributed by atoms with Crippen LogP contribution in [0.3, 0.4) is 0 Å². The van der Waals surface area contributed by atoms with Crippen LogP contribution in [-0.2, 0) is 16.1 Å². The molecular weight excluding hydrogens is 272 g/mol. The lowest BCUT2D eigenvalue weighted by molar-refractivity contribution is -0.149. The van der Waals surface area contributed by atoms with Crippen molar-refractivity contribution in [3.05, 3.63) is 60.2 Å². The molecule has 0 aliphatic heterocycles. The van der Waals surface area contributed by atoms with Gasteiger partial charge in [0.1, 0.15) is 6.61 Å². The number of ether oxygens (including phenoxy) is 1. The van der Waals surface area contributed by atoms with Crippen LogP contribution < -0.4 is 0 Å². The Morgan fingerprint density at radius 2 is 1.59 bits per heavy atom. The Labute approximate surface area is 130 Å². The molecule has 0 saturated heterocycles. The van der Waals surface area contributed by atoms with E-state index in [0.29, 0.717) is 6.61 Å². The van der Waals surface area contributed by atoms with Crippen molar-refractivity contribution in [3.8, 4) is 0 Å². The fourth-order valence-corrected chi connectivity index (χ4v) is 2.54. The molecule has 0 fully saturated rings. The summed E-state index contributed by atoms with van der Waals surface area (Å²) in [5.74, 6) is -0.162. The number of fused-ring (bicyclic) bond motifs is 2. The van der Waals surface area contributed by atoms with Gasteiger partial charge < -0.3 is 4.74 Å². The molecule has 0 aliphatic rings. The molecule has 2 nitrogen and oxygen atoms in total. The highest BCUT2D eigenvalue weighted by molar-refractivity contribution is 5.98. The van der Waals surface area contributed by atoms with Crippen LogP contribution in [0, 0.1) is 5.92 Å². The van der Waals surface area contributed by atoms with E-state index in [2.05, 4.69) is 42.5 Å². The standard InChI is InChI=1S/C20H20O2/c1-3-14(2)20(21)22-13-15-8-9-18-11-16-6-4-5-7-17(16)12-19(18)10-15/h4-12,14H,3,13H2,1-2H3. The normalized spacial score (nSPS) is 12.5. The Balaban J connectivity index is 1.86. The maximum absolute atomic E-state index is 11.8. The summed E-state index contributed by atoms with van der Waals surface area (Å²) in [6, 6.07) is 18.9. The number of hydrogen-bond donors (Lipinski definition) is 0. The van der Waals surface area contributed by atoms with Gasteiger partial charge in [-0.2, -0.15) is 0 Å². The van der Waals surface area contributed by atoms with Crippen molar-refractivity contribution in [1.29, 1.82) is 0 Å². The molecule has 0 amide bonds. The topological polar surface area (TPSA) is 26.3 Å². The second kappa shape index (κ2) is 6.18. The Hall–Kier alpha value is -2.35. The van der Waals surface area contributed by atoms with Crippen molar-refractivity contribution in [2.45, 2.75) is 26.9 Å². The van der Waals surface area contributed by atoms with E-state index in [1.165, 1.54) is 21.5 Å². The Kier molecular flexibility index (Phi) is 4.10. The van der Waals surface area contributed by atoms with Gasteiger partial charge in [-0.25, -0.2) is 0 Å². The summed E-state index contributed by atoms with van der Waals surface area (Å²) in [5, 5.41) is 4.85. The molecule has 2 heteroatoms. The molecule has 3 rings (SSSR count). The minimum Gasteiger partial charge on any atom is -0.461 e. The molecule has 3 aromatic carbocycles. The van der Waals surface area contributed by atoms with Crippen LogP contribution in [0.1, 0.15) is 25.8 Å². The van der Waals surface area contributed by atoms with Crippen molar-refractivity contribution in [1.82, 2.24) is 0 Å². The first-order chi connectivity index (χ1) is 10.7. The third kappa shape index (κ3) is 2.96. The summed E-state index contributed by atoms with van der Waals surface area (Å²) >= 11 is 0. The smallest absolute Gasteiger partial charge is 0.308 e. The molecule has 0 heterocycles. The highest BCUT2D eigenvalue weighted by Crippen LogP contribution is 2.24. The Morgan fingerprint density at radius 3 is 2.27 bits per heavy atom. The van der Waals surface area contributed by atoms with E-state index in [1.807, 2.05) is 26.0 Å². The van der Waals surface area contributed by atoms with Crippen LogP contribution in [0.5, 0.6) is 0 Å². The molecule has 1 unspecified atom stereocenters. The molecule has 22 heavy (non-hydrogen) atoms. The summed E-state index contributed by atoms with van der Waals surface area (Å²) in [7, 11) is 0. The molecule has 0 bridgehead atoms. The van der Waals surface area contributed by atoms with E-state index in [1.54, 1.807) is 0 Å². The summed E-state index contributed by atoms with van der Waals surface area (Å²) in [5.41, 5.74) is 1.03. The molecule has 1 atom stereocenters. The zero-order valence-corrected chi connectivity index (χ0v) is 13.0. The van der Waals surface area contributed by atoms with Gasteiger partial charge in [0.05, 0.1) is 5.92 Å². The summed E-state index contributed by atoms with van der Waals surface area (Å²) < 4.78 is 5.38. The van der Waals surface area contributed by atoms with Crippen molar-refractivity contribution < 1.29 is 9.53 Å². The number of carbonyl (C=O) groups excluding carboxylic acids is 1. The molecule has 0 aromatic heterocycles. The first-order valence-electron chi connectivity index (χ1n) is 7.75. The molecule has 112 valence electrons. The third-order valence-corrected chi connectivity index (χ3v) is 4.17. The maximum atomic E-state index is 11.8. The number of rotatable bonds is 4. The van der Waals surface area contributed by atoms with Gasteiger partial charge in [-0.3, -0.25) is 4.79 Å². The van der Waals surface area contributed by atoms with Gasteiger partial charge >= 0.3 is 5.97 Å². The summed E-state index contributed by atoms with van der Waals surface area (Å²) in [6.45, 7) is 4.23. The van der Waals surface area contributed by atoms with Crippen molar-refractivity contribution in [3.63, 3.8) is 0 Å². The van der Waals surface area contributed by atoms with E-state index >= 15 is 0 Å². The molecule has 0 N–H and O–H groups in total. The van der Waals surface area contributed by atoms with Gasteiger partial charge in [0, 0.05) is 0 Å². The number of hydrogen-bond acceptors (Lipinski definition) is 2. The Bertz CT molecular complexity index is 820. The zero-order valence-electron chi connectivity index (χ0n) is 13.0. The maximum Gasteiger partial charge on any atom is 0.308 e. The van der Waals surface area contributed by atoms with Crippen LogP contribution in [0.2, 0.25) is 0 Å². The van der Waals surface area contributed by atoms with Gasteiger partial charge in [0.15, 0.2) is 0 Å². The van der Waals surface area contributed by atoms with Gasteiger partial charge in [-0.1, -0.05) is 50.2 Å². The van der Waals surface area contributed by atoms with E-state index in [9.17, 15) is 4.79 Å². The zero-order chi connectivity index (χ0) is 15.5. The molecule has 0 aliphatic carbocycles. The number of esters is 1. The first-order valence-corrected chi connectivity index (χ1v) is 7.75. The van der Waals surface area contributed by atoms with Crippen LogP contribution in [-0.4, -0.2) is 5.97 Å². The van der Waals surface area contributed by atoms with E-state index in [4.69, 9.17) is 4.74 Å². The van der Waals surface area contributed by atoms with E-state index in [-0.39, 0.29) is 11.9 Å². The average molecular weight is 292 g/mol. The average Bonchev–Trinajstić information content (AvgIpc) is 2.56. The fraction of sp³-hybridized carbons (Fsp3) is 0.250. The minimum atomic E-state index is -0.124. The number of benzene rings is 3. The molecular formula is C20H20O2. The molecule has 0 radical (unpaired) electrons. The van der Waals surface area contributed by atoms with E-state index in [0.717, 1.165) is 12.0 Å². The lowest BCUT2D eigenvalue weighted by Crippen LogP contribution is -2.13. The van der Waals surface area contributed by atoms with Gasteiger partial charge in [-0.15, -0.1) is 0 Å². The lowest BCUT2D eigenvalue weighted by Gasteiger charge is -2.10. The van der Waals surface area contributed by atoms with Gasteiger partial charge in [0.25, 0.3) is 0 Å². The third-order valence-electron chi connectivity index (χ3n) is 4.17. The fourth-order valence-electron chi connectivity index (χ4n) is 2.54.